The van der Waals surface area contributed by atoms with Crippen molar-refractivity contribution in [1.82, 2.24) is 10.2 Å². The maximum absolute atomic E-state index is 3.50. The molecule has 0 radical (unpaired) electrons. The number of benzene rings is 1. The van der Waals surface area contributed by atoms with E-state index in [2.05, 4.69) is 54.4 Å². The molecule has 0 bridgehead atoms. The fourth-order valence-corrected chi connectivity index (χ4v) is 3.18. The monoisotopic (exact) mass is 260 g/mol. The van der Waals surface area contributed by atoms with E-state index in [0.29, 0.717) is 5.41 Å². The van der Waals surface area contributed by atoms with Crippen LogP contribution in [0.1, 0.15) is 38.7 Å². The Labute approximate surface area is 118 Å². The molecule has 2 heteroatoms. The summed E-state index contributed by atoms with van der Waals surface area (Å²) in [5, 5.41) is 3.50. The van der Waals surface area contributed by atoms with E-state index in [4.69, 9.17) is 0 Å². The van der Waals surface area contributed by atoms with Crippen LogP contribution in [0.25, 0.3) is 0 Å². The van der Waals surface area contributed by atoms with Crippen molar-refractivity contribution in [2.75, 3.05) is 26.2 Å². The third-order valence-corrected chi connectivity index (χ3v) is 4.67. The second-order valence-corrected chi connectivity index (χ2v) is 5.89. The molecule has 1 fully saturated rings. The van der Waals surface area contributed by atoms with Crippen LogP contribution in [0.4, 0.5) is 0 Å². The lowest BCUT2D eigenvalue weighted by molar-refractivity contribution is 0.105. The fraction of sp³-hybridized carbons (Fsp3) is 0.647. The Balaban J connectivity index is 1.97. The molecule has 1 N–H and O–H groups in total. The third kappa shape index (κ3) is 4.05. The molecule has 0 aliphatic carbocycles. The summed E-state index contributed by atoms with van der Waals surface area (Å²) < 4.78 is 0. The standard InChI is InChI=1S/C17H28N2/c1-3-17(10-12-18-13-11-17)15-19(4-2)14-16-8-6-5-7-9-16/h5-9,18H,3-4,10-15H2,1-2H3. The predicted molar refractivity (Wildman–Crippen MR) is 82.2 cm³/mol. The molecule has 0 amide bonds. The van der Waals surface area contributed by atoms with E-state index in [9.17, 15) is 0 Å². The molecule has 1 heterocycles. The first-order valence-electron chi connectivity index (χ1n) is 7.75. The smallest absolute Gasteiger partial charge is 0.0233 e. The summed E-state index contributed by atoms with van der Waals surface area (Å²) in [6, 6.07) is 10.9. The van der Waals surface area contributed by atoms with Gasteiger partial charge in [0, 0.05) is 13.1 Å². The van der Waals surface area contributed by atoms with E-state index >= 15 is 0 Å². The van der Waals surface area contributed by atoms with Gasteiger partial charge in [0.1, 0.15) is 0 Å². The van der Waals surface area contributed by atoms with Crippen molar-refractivity contribution in [3.05, 3.63) is 35.9 Å². The summed E-state index contributed by atoms with van der Waals surface area (Å²) >= 11 is 0. The molecular formula is C17H28N2. The fourth-order valence-electron chi connectivity index (χ4n) is 3.18. The summed E-state index contributed by atoms with van der Waals surface area (Å²) in [6.07, 6.45) is 3.96. The maximum atomic E-state index is 3.50. The van der Waals surface area contributed by atoms with Crippen molar-refractivity contribution in [3.8, 4) is 0 Å². The van der Waals surface area contributed by atoms with Gasteiger partial charge in [-0.3, -0.25) is 4.90 Å². The van der Waals surface area contributed by atoms with E-state index < -0.39 is 0 Å². The highest BCUT2D eigenvalue weighted by molar-refractivity contribution is 5.14. The quantitative estimate of drug-likeness (QED) is 0.844. The second kappa shape index (κ2) is 7.06. The van der Waals surface area contributed by atoms with Crippen molar-refractivity contribution in [1.29, 1.82) is 0 Å². The largest absolute Gasteiger partial charge is 0.317 e. The Hall–Kier alpha value is -0.860. The number of hydrogen-bond donors (Lipinski definition) is 1. The van der Waals surface area contributed by atoms with Gasteiger partial charge in [0.05, 0.1) is 0 Å². The lowest BCUT2D eigenvalue weighted by atomic mass is 9.76. The minimum absolute atomic E-state index is 0.538. The van der Waals surface area contributed by atoms with Crippen molar-refractivity contribution >= 4 is 0 Å². The van der Waals surface area contributed by atoms with Crippen molar-refractivity contribution in [2.45, 2.75) is 39.7 Å². The van der Waals surface area contributed by atoms with Gasteiger partial charge in [-0.25, -0.2) is 0 Å². The van der Waals surface area contributed by atoms with Crippen LogP contribution in [-0.2, 0) is 6.54 Å². The normalized spacial score (nSPS) is 18.7. The third-order valence-electron chi connectivity index (χ3n) is 4.67. The average molecular weight is 260 g/mol. The number of nitrogens with one attached hydrogen (secondary N) is 1. The van der Waals surface area contributed by atoms with E-state index in [0.717, 1.165) is 13.1 Å². The first kappa shape index (κ1) is 14.5. The van der Waals surface area contributed by atoms with Gasteiger partial charge in [0.25, 0.3) is 0 Å². The van der Waals surface area contributed by atoms with Gasteiger partial charge in [-0.1, -0.05) is 44.2 Å². The average Bonchev–Trinajstić information content (AvgIpc) is 2.48. The highest BCUT2D eigenvalue weighted by Crippen LogP contribution is 2.33. The Morgan fingerprint density at radius 3 is 2.37 bits per heavy atom. The topological polar surface area (TPSA) is 15.3 Å². The summed E-state index contributed by atoms with van der Waals surface area (Å²) in [4.78, 5) is 2.62. The van der Waals surface area contributed by atoms with E-state index in [1.807, 2.05) is 0 Å². The molecule has 1 aromatic carbocycles. The molecule has 2 nitrogen and oxygen atoms in total. The van der Waals surface area contributed by atoms with Gasteiger partial charge in [0.15, 0.2) is 0 Å². The zero-order valence-electron chi connectivity index (χ0n) is 12.5. The van der Waals surface area contributed by atoms with Crippen LogP contribution >= 0.6 is 0 Å². The van der Waals surface area contributed by atoms with E-state index in [1.165, 1.54) is 44.5 Å². The number of nitrogens with zero attached hydrogens (tertiary/aromatic N) is 1. The molecule has 106 valence electrons. The molecule has 1 aliphatic rings. The highest BCUT2D eigenvalue weighted by Gasteiger charge is 2.31. The molecule has 0 atom stereocenters. The number of piperidine rings is 1. The highest BCUT2D eigenvalue weighted by atomic mass is 15.1. The Morgan fingerprint density at radius 1 is 1.11 bits per heavy atom. The molecule has 1 saturated heterocycles. The van der Waals surface area contributed by atoms with Crippen LogP contribution in [0.2, 0.25) is 0 Å². The minimum Gasteiger partial charge on any atom is -0.317 e. The summed E-state index contributed by atoms with van der Waals surface area (Å²) in [7, 11) is 0. The van der Waals surface area contributed by atoms with Crippen molar-refractivity contribution in [3.63, 3.8) is 0 Å². The maximum Gasteiger partial charge on any atom is 0.0233 e. The van der Waals surface area contributed by atoms with Gasteiger partial charge in [-0.2, -0.15) is 0 Å². The Morgan fingerprint density at radius 2 is 1.79 bits per heavy atom. The van der Waals surface area contributed by atoms with E-state index in [-0.39, 0.29) is 0 Å². The Kier molecular flexibility index (Phi) is 5.41. The summed E-state index contributed by atoms with van der Waals surface area (Å²) in [6.45, 7) is 10.5. The van der Waals surface area contributed by atoms with Crippen LogP contribution in [0.5, 0.6) is 0 Å². The Bertz CT molecular complexity index is 355. The van der Waals surface area contributed by atoms with Crippen LogP contribution in [0.3, 0.4) is 0 Å². The molecule has 2 rings (SSSR count). The summed E-state index contributed by atoms with van der Waals surface area (Å²) in [5.74, 6) is 0. The number of rotatable bonds is 6. The SMILES string of the molecule is CCN(Cc1ccccc1)CC1(CC)CCNCC1. The molecule has 19 heavy (non-hydrogen) atoms. The van der Waals surface area contributed by atoms with Gasteiger partial charge in [-0.15, -0.1) is 0 Å². The van der Waals surface area contributed by atoms with E-state index in [1.54, 1.807) is 0 Å². The lowest BCUT2D eigenvalue weighted by Gasteiger charge is -2.40. The van der Waals surface area contributed by atoms with Crippen molar-refractivity contribution in [2.24, 2.45) is 5.41 Å². The molecule has 0 aromatic heterocycles. The minimum atomic E-state index is 0.538. The van der Waals surface area contributed by atoms with Crippen molar-refractivity contribution < 1.29 is 0 Å². The van der Waals surface area contributed by atoms with Gasteiger partial charge in [0.2, 0.25) is 0 Å². The first-order valence-corrected chi connectivity index (χ1v) is 7.75. The van der Waals surface area contributed by atoms with Gasteiger partial charge >= 0.3 is 0 Å². The summed E-state index contributed by atoms with van der Waals surface area (Å²) in [5.41, 5.74) is 1.97. The number of hydrogen-bond acceptors (Lipinski definition) is 2. The lowest BCUT2D eigenvalue weighted by Crippen LogP contribution is -2.44. The molecule has 0 saturated carbocycles. The van der Waals surface area contributed by atoms with Crippen LogP contribution in [0, 0.1) is 5.41 Å². The zero-order chi connectivity index (χ0) is 13.6. The molecule has 0 spiro atoms. The molecule has 1 aliphatic heterocycles. The van der Waals surface area contributed by atoms with Crippen LogP contribution in [0.15, 0.2) is 30.3 Å². The van der Waals surface area contributed by atoms with Crippen LogP contribution < -0.4 is 5.32 Å². The molecule has 1 aromatic rings. The van der Waals surface area contributed by atoms with Gasteiger partial charge < -0.3 is 5.32 Å². The molecule has 0 unspecified atom stereocenters. The second-order valence-electron chi connectivity index (χ2n) is 5.89. The molecular weight excluding hydrogens is 232 g/mol. The zero-order valence-corrected chi connectivity index (χ0v) is 12.5. The van der Waals surface area contributed by atoms with Gasteiger partial charge in [-0.05, 0) is 49.9 Å². The van der Waals surface area contributed by atoms with Crippen LogP contribution in [-0.4, -0.2) is 31.1 Å². The first-order chi connectivity index (χ1) is 9.28. The predicted octanol–water partition coefficient (Wildman–Crippen LogP) is 3.29.